The van der Waals surface area contributed by atoms with E-state index in [1.807, 2.05) is 11.8 Å². The molecule has 2 N–H and O–H groups in total. The molecule has 1 aromatic heterocycles. The number of hydrogen-bond acceptors (Lipinski definition) is 6. The highest BCUT2D eigenvalue weighted by Gasteiger charge is 2.04. The van der Waals surface area contributed by atoms with Crippen molar-refractivity contribution in [3.05, 3.63) is 5.01 Å². The third-order valence-electron chi connectivity index (χ3n) is 1.56. The van der Waals surface area contributed by atoms with Crippen molar-refractivity contribution in [3.8, 4) is 0 Å². The van der Waals surface area contributed by atoms with Crippen LogP contribution >= 0.6 is 23.1 Å². The van der Waals surface area contributed by atoms with E-state index in [0.717, 1.165) is 23.8 Å². The monoisotopic (exact) mass is 218 g/mol. The quantitative estimate of drug-likeness (QED) is 0.796. The Balaban J connectivity index is 2.31. The summed E-state index contributed by atoms with van der Waals surface area (Å²) < 4.78 is 0. The summed E-state index contributed by atoms with van der Waals surface area (Å²) in [7, 11) is 2.08. The molecule has 0 fully saturated rings. The van der Waals surface area contributed by atoms with Gasteiger partial charge in [0.15, 0.2) is 0 Å². The first-order valence-corrected chi connectivity index (χ1v) is 6.18. The van der Waals surface area contributed by atoms with Gasteiger partial charge in [-0.25, -0.2) is 0 Å². The fraction of sp³-hybridized carbons (Fsp3) is 0.714. The Morgan fingerprint density at radius 1 is 1.54 bits per heavy atom. The standard InChI is InChI=1S/C7H14N4S2/c1-11(3-4-12-2)5-6-9-10-7(8)13-6/h3-5H2,1-2H3,(H2,8,10). The predicted molar refractivity (Wildman–Crippen MR) is 59.0 cm³/mol. The molecule has 0 aromatic carbocycles. The van der Waals surface area contributed by atoms with Crippen LogP contribution in [0.2, 0.25) is 0 Å². The van der Waals surface area contributed by atoms with Crippen molar-refractivity contribution in [2.45, 2.75) is 6.54 Å². The summed E-state index contributed by atoms with van der Waals surface area (Å²) in [6.07, 6.45) is 2.11. The van der Waals surface area contributed by atoms with Crippen LogP contribution in [0.3, 0.4) is 0 Å². The van der Waals surface area contributed by atoms with Gasteiger partial charge in [0, 0.05) is 12.3 Å². The van der Waals surface area contributed by atoms with Crippen LogP contribution in [0.4, 0.5) is 5.13 Å². The zero-order valence-electron chi connectivity index (χ0n) is 7.86. The number of nitrogen functional groups attached to an aromatic ring is 1. The Bertz CT molecular complexity index is 250. The van der Waals surface area contributed by atoms with Crippen LogP contribution in [0.5, 0.6) is 0 Å². The highest BCUT2D eigenvalue weighted by atomic mass is 32.2. The van der Waals surface area contributed by atoms with E-state index < -0.39 is 0 Å². The molecule has 0 radical (unpaired) electrons. The molecule has 1 aromatic rings. The van der Waals surface area contributed by atoms with E-state index in [9.17, 15) is 0 Å². The number of aromatic nitrogens is 2. The molecule has 0 spiro atoms. The minimum Gasteiger partial charge on any atom is -0.374 e. The Morgan fingerprint density at radius 2 is 2.31 bits per heavy atom. The van der Waals surface area contributed by atoms with Crippen LogP contribution in [-0.2, 0) is 6.54 Å². The molecule has 6 heteroatoms. The van der Waals surface area contributed by atoms with Gasteiger partial charge in [0.2, 0.25) is 5.13 Å². The molecular formula is C7H14N4S2. The van der Waals surface area contributed by atoms with E-state index in [4.69, 9.17) is 5.73 Å². The number of hydrogen-bond donors (Lipinski definition) is 1. The van der Waals surface area contributed by atoms with Crippen molar-refractivity contribution in [1.29, 1.82) is 0 Å². The number of nitrogens with two attached hydrogens (primary N) is 1. The number of anilines is 1. The van der Waals surface area contributed by atoms with E-state index in [0.29, 0.717) is 5.13 Å². The molecule has 0 aliphatic rings. The molecule has 0 saturated carbocycles. The molecule has 0 unspecified atom stereocenters. The zero-order valence-corrected chi connectivity index (χ0v) is 9.49. The van der Waals surface area contributed by atoms with Crippen molar-refractivity contribution in [2.75, 3.05) is 31.3 Å². The van der Waals surface area contributed by atoms with Gasteiger partial charge < -0.3 is 5.73 Å². The maximum Gasteiger partial charge on any atom is 0.203 e. The van der Waals surface area contributed by atoms with Gasteiger partial charge in [0.1, 0.15) is 5.01 Å². The van der Waals surface area contributed by atoms with Crippen molar-refractivity contribution in [1.82, 2.24) is 15.1 Å². The van der Waals surface area contributed by atoms with Gasteiger partial charge in [-0.1, -0.05) is 11.3 Å². The number of thioether (sulfide) groups is 1. The summed E-state index contributed by atoms with van der Waals surface area (Å²) in [6.45, 7) is 1.91. The molecule has 4 nitrogen and oxygen atoms in total. The summed E-state index contributed by atoms with van der Waals surface area (Å²) in [4.78, 5) is 2.22. The van der Waals surface area contributed by atoms with Gasteiger partial charge in [-0.3, -0.25) is 4.90 Å². The third-order valence-corrected chi connectivity index (χ3v) is 2.89. The lowest BCUT2D eigenvalue weighted by molar-refractivity contribution is 0.347. The highest BCUT2D eigenvalue weighted by molar-refractivity contribution is 7.98. The molecule has 1 heterocycles. The van der Waals surface area contributed by atoms with Crippen LogP contribution in [0.15, 0.2) is 0 Å². The van der Waals surface area contributed by atoms with Gasteiger partial charge in [-0.05, 0) is 13.3 Å². The fourth-order valence-electron chi connectivity index (χ4n) is 0.888. The van der Waals surface area contributed by atoms with E-state index in [1.165, 1.54) is 11.3 Å². The average Bonchev–Trinajstić information content (AvgIpc) is 2.48. The fourth-order valence-corrected chi connectivity index (χ4v) is 2.07. The predicted octanol–water partition coefficient (Wildman–Crippen LogP) is 0.915. The van der Waals surface area contributed by atoms with Crippen molar-refractivity contribution < 1.29 is 0 Å². The molecule has 0 saturated heterocycles. The van der Waals surface area contributed by atoms with Crippen LogP contribution in [0, 0.1) is 0 Å². The largest absolute Gasteiger partial charge is 0.374 e. The van der Waals surface area contributed by atoms with E-state index in [1.54, 1.807) is 0 Å². The van der Waals surface area contributed by atoms with Crippen LogP contribution in [0.25, 0.3) is 0 Å². The van der Waals surface area contributed by atoms with Crippen molar-refractivity contribution in [2.24, 2.45) is 0 Å². The zero-order chi connectivity index (χ0) is 9.68. The Kier molecular flexibility index (Phi) is 4.47. The van der Waals surface area contributed by atoms with Gasteiger partial charge in [0.25, 0.3) is 0 Å². The van der Waals surface area contributed by atoms with Crippen molar-refractivity contribution in [3.63, 3.8) is 0 Å². The molecule has 74 valence electrons. The average molecular weight is 218 g/mol. The first-order valence-electron chi connectivity index (χ1n) is 3.97. The molecule has 0 atom stereocenters. The topological polar surface area (TPSA) is 55.0 Å². The van der Waals surface area contributed by atoms with E-state index in [-0.39, 0.29) is 0 Å². The summed E-state index contributed by atoms with van der Waals surface area (Å²) in [5, 5.41) is 9.26. The molecule has 0 amide bonds. The van der Waals surface area contributed by atoms with Crippen molar-refractivity contribution >= 4 is 28.2 Å². The molecule has 1 rings (SSSR count). The number of nitrogens with zero attached hydrogens (tertiary/aromatic N) is 3. The van der Waals surface area contributed by atoms with Crippen LogP contribution < -0.4 is 5.73 Å². The lowest BCUT2D eigenvalue weighted by atomic mass is 10.5. The smallest absolute Gasteiger partial charge is 0.203 e. The minimum atomic E-state index is 0.549. The maximum absolute atomic E-state index is 5.48. The SMILES string of the molecule is CSCCN(C)Cc1nnc(N)s1. The second kappa shape index (κ2) is 5.41. The summed E-state index contributed by atoms with van der Waals surface area (Å²) >= 11 is 3.30. The molecular weight excluding hydrogens is 204 g/mol. The molecule has 0 aliphatic carbocycles. The van der Waals surface area contributed by atoms with Gasteiger partial charge >= 0.3 is 0 Å². The van der Waals surface area contributed by atoms with Crippen LogP contribution in [-0.4, -0.2) is 40.7 Å². The summed E-state index contributed by atoms with van der Waals surface area (Å²) in [5.74, 6) is 1.14. The normalized spacial score (nSPS) is 11.0. The van der Waals surface area contributed by atoms with E-state index >= 15 is 0 Å². The first kappa shape index (κ1) is 10.7. The third kappa shape index (κ3) is 3.93. The lowest BCUT2D eigenvalue weighted by Gasteiger charge is -2.12. The second-order valence-electron chi connectivity index (χ2n) is 2.76. The molecule has 0 aliphatic heterocycles. The molecule has 13 heavy (non-hydrogen) atoms. The summed E-state index contributed by atoms with van der Waals surface area (Å²) in [6, 6.07) is 0. The van der Waals surface area contributed by atoms with Gasteiger partial charge in [-0.15, -0.1) is 10.2 Å². The Hall–Kier alpha value is -0.330. The summed E-state index contributed by atoms with van der Waals surface area (Å²) in [5.41, 5.74) is 5.48. The molecule has 0 bridgehead atoms. The second-order valence-corrected chi connectivity index (χ2v) is 4.84. The van der Waals surface area contributed by atoms with Gasteiger partial charge in [-0.2, -0.15) is 11.8 Å². The highest BCUT2D eigenvalue weighted by Crippen LogP contribution is 2.12. The lowest BCUT2D eigenvalue weighted by Crippen LogP contribution is -2.20. The van der Waals surface area contributed by atoms with Gasteiger partial charge in [0.05, 0.1) is 6.54 Å². The number of rotatable bonds is 5. The van der Waals surface area contributed by atoms with E-state index in [2.05, 4.69) is 28.4 Å². The maximum atomic E-state index is 5.48. The Morgan fingerprint density at radius 3 is 2.85 bits per heavy atom. The first-order chi connectivity index (χ1) is 6.22. The minimum absolute atomic E-state index is 0.549. The van der Waals surface area contributed by atoms with Crippen LogP contribution in [0.1, 0.15) is 5.01 Å². The Labute approximate surface area is 86.5 Å².